The van der Waals surface area contributed by atoms with Crippen LogP contribution in [0.3, 0.4) is 0 Å². The molecule has 2 rings (SSSR count). The highest BCUT2D eigenvalue weighted by Crippen LogP contribution is 2.42. The summed E-state index contributed by atoms with van der Waals surface area (Å²) in [6, 6.07) is 7.69. The Morgan fingerprint density at radius 3 is 1.48 bits per heavy atom. The van der Waals surface area contributed by atoms with Crippen LogP contribution in [-0.4, -0.2) is 33.6 Å². The van der Waals surface area contributed by atoms with Gasteiger partial charge in [0.15, 0.2) is 0 Å². The van der Waals surface area contributed by atoms with Gasteiger partial charge in [0.05, 0.1) is 9.79 Å². The summed E-state index contributed by atoms with van der Waals surface area (Å²) >= 11 is 1.34. The molecule has 5 heteroatoms. The number of aliphatic hydroxyl groups excluding tert-OH is 2. The largest absolute Gasteiger partial charge is 0.506 e. The number of hydrogen-bond donors (Lipinski definition) is 4. The summed E-state index contributed by atoms with van der Waals surface area (Å²) in [5, 5.41) is 38.8. The number of aryl methyl sites for hydroxylation is 4. The summed E-state index contributed by atoms with van der Waals surface area (Å²) in [5.41, 5.74) is 3.68. The molecule has 2 aromatic rings. The maximum Gasteiger partial charge on any atom is 0.132 e. The molecule has 0 unspecified atom stereocenters. The van der Waals surface area contributed by atoms with Crippen molar-refractivity contribution >= 4 is 11.8 Å². The highest BCUT2D eigenvalue weighted by atomic mass is 32.2. The molecule has 0 amide bonds. The Balaban J connectivity index is 2.34. The first-order valence-corrected chi connectivity index (χ1v) is 9.32. The molecule has 2 aromatic carbocycles. The third-order valence-electron chi connectivity index (χ3n) is 4.12. The van der Waals surface area contributed by atoms with Crippen LogP contribution in [0.25, 0.3) is 0 Å². The summed E-state index contributed by atoms with van der Waals surface area (Å²) in [6.07, 6.45) is 2.84. The van der Waals surface area contributed by atoms with Gasteiger partial charge in [-0.15, -0.1) is 0 Å². The maximum atomic E-state index is 10.4. The van der Waals surface area contributed by atoms with E-state index in [0.29, 0.717) is 22.6 Å². The van der Waals surface area contributed by atoms with Crippen molar-refractivity contribution in [1.29, 1.82) is 0 Å². The number of phenols is 2. The fourth-order valence-electron chi connectivity index (χ4n) is 2.77. The second kappa shape index (κ2) is 9.13. The van der Waals surface area contributed by atoms with E-state index in [-0.39, 0.29) is 24.7 Å². The van der Waals surface area contributed by atoms with Crippen LogP contribution in [0.4, 0.5) is 0 Å². The molecule has 25 heavy (non-hydrogen) atoms. The first-order valence-electron chi connectivity index (χ1n) is 8.50. The summed E-state index contributed by atoms with van der Waals surface area (Å²) in [6.45, 7) is 3.97. The van der Waals surface area contributed by atoms with Gasteiger partial charge in [-0.2, -0.15) is 0 Å². The average molecular weight is 362 g/mol. The molecule has 0 radical (unpaired) electrons. The highest BCUT2D eigenvalue weighted by Gasteiger charge is 2.14. The monoisotopic (exact) mass is 362 g/mol. The third kappa shape index (κ3) is 5.14. The second-order valence-electron chi connectivity index (χ2n) is 6.28. The Labute approximate surface area is 153 Å². The predicted molar refractivity (Wildman–Crippen MR) is 101 cm³/mol. The van der Waals surface area contributed by atoms with E-state index in [0.717, 1.165) is 35.1 Å². The van der Waals surface area contributed by atoms with E-state index in [1.165, 1.54) is 11.8 Å². The van der Waals surface area contributed by atoms with Crippen LogP contribution >= 0.6 is 11.8 Å². The quantitative estimate of drug-likeness (QED) is 0.575. The lowest BCUT2D eigenvalue weighted by Gasteiger charge is -2.14. The molecule has 0 saturated heterocycles. The first-order chi connectivity index (χ1) is 12.0. The Morgan fingerprint density at radius 2 is 1.12 bits per heavy atom. The van der Waals surface area contributed by atoms with Crippen molar-refractivity contribution in [3.63, 3.8) is 0 Å². The van der Waals surface area contributed by atoms with Gasteiger partial charge in [-0.05, 0) is 73.9 Å². The second-order valence-corrected chi connectivity index (χ2v) is 7.36. The number of rotatable bonds is 8. The smallest absolute Gasteiger partial charge is 0.132 e. The molecule has 136 valence electrons. The molecule has 0 aliphatic rings. The van der Waals surface area contributed by atoms with E-state index in [4.69, 9.17) is 10.2 Å². The van der Waals surface area contributed by atoms with Crippen molar-refractivity contribution in [2.75, 3.05) is 13.2 Å². The molecule has 0 aromatic heterocycles. The Bertz CT molecular complexity index is 667. The zero-order chi connectivity index (χ0) is 18.4. The fourth-order valence-corrected chi connectivity index (χ4v) is 3.94. The number of aliphatic hydroxyl groups is 2. The van der Waals surface area contributed by atoms with E-state index in [2.05, 4.69) is 0 Å². The van der Waals surface area contributed by atoms with Crippen LogP contribution in [-0.2, 0) is 12.8 Å². The highest BCUT2D eigenvalue weighted by molar-refractivity contribution is 7.99. The standard InChI is InChI=1S/C20H26O4S/c1-13-9-15(5-3-7-21)11-17(19(13)23)25-18-12-16(6-4-8-22)10-14(2)20(18)24/h9-12,21-24H,3-8H2,1-2H3. The SMILES string of the molecule is Cc1cc(CCCO)cc(Sc2cc(CCCO)cc(C)c2O)c1O. The molecule has 4 nitrogen and oxygen atoms in total. The van der Waals surface area contributed by atoms with Crippen LogP contribution < -0.4 is 0 Å². The van der Waals surface area contributed by atoms with Gasteiger partial charge in [-0.3, -0.25) is 0 Å². The van der Waals surface area contributed by atoms with Gasteiger partial charge >= 0.3 is 0 Å². The molecule has 0 aliphatic heterocycles. The normalized spacial score (nSPS) is 11.0. The van der Waals surface area contributed by atoms with E-state index in [1.54, 1.807) is 0 Å². The van der Waals surface area contributed by atoms with Crippen molar-refractivity contribution in [2.24, 2.45) is 0 Å². The molecule has 4 N–H and O–H groups in total. The van der Waals surface area contributed by atoms with Crippen LogP contribution in [0, 0.1) is 13.8 Å². The number of benzene rings is 2. The lowest BCUT2D eigenvalue weighted by molar-refractivity contribution is 0.288. The van der Waals surface area contributed by atoms with E-state index in [9.17, 15) is 10.2 Å². The van der Waals surface area contributed by atoms with Gasteiger partial charge in [0, 0.05) is 13.2 Å². The average Bonchev–Trinajstić information content (AvgIpc) is 2.59. The lowest BCUT2D eigenvalue weighted by atomic mass is 10.1. The minimum Gasteiger partial charge on any atom is -0.506 e. The predicted octanol–water partition coefficient (Wildman–Crippen LogP) is 3.72. The molecule has 0 spiro atoms. The van der Waals surface area contributed by atoms with Gasteiger partial charge in [0.25, 0.3) is 0 Å². The zero-order valence-electron chi connectivity index (χ0n) is 14.7. The molecule has 0 bridgehead atoms. The molecule has 0 fully saturated rings. The van der Waals surface area contributed by atoms with Gasteiger partial charge in [0.2, 0.25) is 0 Å². The van der Waals surface area contributed by atoms with Gasteiger partial charge in [0.1, 0.15) is 11.5 Å². The number of hydrogen-bond acceptors (Lipinski definition) is 5. The summed E-state index contributed by atoms with van der Waals surface area (Å²) in [5.74, 6) is 0.436. The number of aromatic hydroxyl groups is 2. The minimum absolute atomic E-state index is 0.134. The molecule has 0 saturated carbocycles. The zero-order valence-corrected chi connectivity index (χ0v) is 15.6. The summed E-state index contributed by atoms with van der Waals surface area (Å²) < 4.78 is 0. The first kappa shape index (κ1) is 19.6. The van der Waals surface area contributed by atoms with Crippen molar-refractivity contribution in [3.8, 4) is 11.5 Å². The van der Waals surface area contributed by atoms with Gasteiger partial charge < -0.3 is 20.4 Å². The lowest BCUT2D eigenvalue weighted by Crippen LogP contribution is -1.93. The Morgan fingerprint density at radius 1 is 0.720 bits per heavy atom. The van der Waals surface area contributed by atoms with Gasteiger partial charge in [-0.1, -0.05) is 23.9 Å². The van der Waals surface area contributed by atoms with Crippen molar-refractivity contribution in [1.82, 2.24) is 0 Å². The van der Waals surface area contributed by atoms with Crippen LogP contribution in [0.1, 0.15) is 35.1 Å². The van der Waals surface area contributed by atoms with Gasteiger partial charge in [-0.25, -0.2) is 0 Å². The molecule has 0 heterocycles. The Kier molecular flexibility index (Phi) is 7.17. The van der Waals surface area contributed by atoms with E-state index < -0.39 is 0 Å². The molecule has 0 atom stereocenters. The Hall–Kier alpha value is -1.69. The molecular formula is C20H26O4S. The third-order valence-corrected chi connectivity index (χ3v) is 5.18. The maximum absolute atomic E-state index is 10.4. The molecule has 0 aliphatic carbocycles. The van der Waals surface area contributed by atoms with Crippen molar-refractivity contribution in [3.05, 3.63) is 46.5 Å². The minimum atomic E-state index is 0.134. The summed E-state index contributed by atoms with van der Waals surface area (Å²) in [4.78, 5) is 1.39. The van der Waals surface area contributed by atoms with Crippen LogP contribution in [0.15, 0.2) is 34.1 Å². The topological polar surface area (TPSA) is 80.9 Å². The van der Waals surface area contributed by atoms with Crippen molar-refractivity contribution in [2.45, 2.75) is 49.3 Å². The molecular weight excluding hydrogens is 336 g/mol. The van der Waals surface area contributed by atoms with Crippen LogP contribution in [0.2, 0.25) is 0 Å². The fraction of sp³-hybridized carbons (Fsp3) is 0.400. The van der Waals surface area contributed by atoms with E-state index >= 15 is 0 Å². The van der Waals surface area contributed by atoms with E-state index in [1.807, 2.05) is 38.1 Å². The van der Waals surface area contributed by atoms with Crippen molar-refractivity contribution < 1.29 is 20.4 Å². The number of phenolic OH excluding ortho intramolecular Hbond substituents is 2. The summed E-state index contributed by atoms with van der Waals surface area (Å²) in [7, 11) is 0. The van der Waals surface area contributed by atoms with Crippen LogP contribution in [0.5, 0.6) is 11.5 Å².